The third-order valence-electron chi connectivity index (χ3n) is 5.55. The van der Waals surface area contributed by atoms with Gasteiger partial charge in [-0.2, -0.15) is 0 Å². The van der Waals surface area contributed by atoms with Gasteiger partial charge in [0.25, 0.3) is 17.7 Å². The zero-order chi connectivity index (χ0) is 25.2. The molecule has 0 bridgehead atoms. The fourth-order valence-electron chi connectivity index (χ4n) is 3.83. The highest BCUT2D eigenvalue weighted by Gasteiger charge is 2.36. The van der Waals surface area contributed by atoms with Gasteiger partial charge in [-0.25, -0.2) is 14.7 Å². The highest BCUT2D eigenvalue weighted by Crippen LogP contribution is 2.28. The molecule has 0 spiro atoms. The highest BCUT2D eigenvalue weighted by molar-refractivity contribution is 7.09. The van der Waals surface area contributed by atoms with Crippen LogP contribution < -0.4 is 10.2 Å². The predicted octanol–water partition coefficient (Wildman–Crippen LogP) is 4.71. The molecule has 1 N–H and O–H groups in total. The molecule has 1 aliphatic rings. The first-order chi connectivity index (χ1) is 17.4. The highest BCUT2D eigenvalue weighted by atomic mass is 32.1. The number of fused-ring (bicyclic) bond motifs is 1. The van der Waals surface area contributed by atoms with Crippen molar-refractivity contribution >= 4 is 46.4 Å². The molecule has 4 aromatic rings. The van der Waals surface area contributed by atoms with Gasteiger partial charge in [0.1, 0.15) is 0 Å². The van der Waals surface area contributed by atoms with Gasteiger partial charge in [0.2, 0.25) is 0 Å². The second-order valence-electron chi connectivity index (χ2n) is 8.00. The van der Waals surface area contributed by atoms with Crippen molar-refractivity contribution in [2.24, 2.45) is 0 Å². The largest absolute Gasteiger partial charge is 0.452 e. The second kappa shape index (κ2) is 9.55. The summed E-state index contributed by atoms with van der Waals surface area (Å²) in [4.78, 5) is 55.5. The van der Waals surface area contributed by atoms with E-state index in [0.717, 1.165) is 21.2 Å². The Balaban J connectivity index is 1.19. The summed E-state index contributed by atoms with van der Waals surface area (Å²) in [5.41, 5.74) is 3.45. The summed E-state index contributed by atoms with van der Waals surface area (Å²) in [5, 5.41) is 5.60. The van der Waals surface area contributed by atoms with Crippen LogP contribution in [-0.4, -0.2) is 35.3 Å². The number of esters is 1. The fraction of sp³-hybridized carbons (Fsp3) is 0.0741. The van der Waals surface area contributed by atoms with Crippen LogP contribution in [0.3, 0.4) is 0 Å². The minimum absolute atomic E-state index is 0.184. The molecular weight excluding hydrogens is 478 g/mol. The van der Waals surface area contributed by atoms with Crippen LogP contribution in [0.1, 0.15) is 36.1 Å². The first-order valence-electron chi connectivity index (χ1n) is 11.0. The SMILES string of the molecule is Cc1nc(-c2cccc(NC(=O)COC(=O)c3ccc(N4C(=O)c5ccccc5C4=O)cc3)c2)cs1. The quantitative estimate of drug-likeness (QED) is 0.305. The second-order valence-corrected chi connectivity index (χ2v) is 9.06. The number of hydrogen-bond acceptors (Lipinski definition) is 7. The molecule has 0 atom stereocenters. The van der Waals surface area contributed by atoms with E-state index in [0.29, 0.717) is 22.5 Å². The van der Waals surface area contributed by atoms with Gasteiger partial charge in [-0.1, -0.05) is 24.3 Å². The molecule has 1 aliphatic heterocycles. The number of rotatable bonds is 6. The van der Waals surface area contributed by atoms with Crippen LogP contribution in [0.15, 0.2) is 78.2 Å². The number of ether oxygens (including phenoxy) is 1. The van der Waals surface area contributed by atoms with Crippen LogP contribution >= 0.6 is 11.3 Å². The molecule has 0 radical (unpaired) electrons. The van der Waals surface area contributed by atoms with E-state index in [4.69, 9.17) is 4.74 Å². The van der Waals surface area contributed by atoms with E-state index in [1.165, 1.54) is 24.3 Å². The van der Waals surface area contributed by atoms with Gasteiger partial charge < -0.3 is 10.1 Å². The van der Waals surface area contributed by atoms with Crippen LogP contribution in [0.5, 0.6) is 0 Å². The Morgan fingerprint density at radius 2 is 1.64 bits per heavy atom. The first kappa shape index (κ1) is 23.1. The number of carbonyl (C=O) groups is 4. The van der Waals surface area contributed by atoms with E-state index in [-0.39, 0.29) is 5.56 Å². The Kier molecular flexibility index (Phi) is 6.14. The molecule has 5 rings (SSSR count). The Hall–Kier alpha value is -4.63. The lowest BCUT2D eigenvalue weighted by Crippen LogP contribution is -2.29. The van der Waals surface area contributed by atoms with Gasteiger partial charge >= 0.3 is 5.97 Å². The lowest BCUT2D eigenvalue weighted by atomic mass is 10.1. The summed E-state index contributed by atoms with van der Waals surface area (Å²) < 4.78 is 5.13. The summed E-state index contributed by atoms with van der Waals surface area (Å²) >= 11 is 1.54. The number of imide groups is 1. The number of amides is 3. The average molecular weight is 498 g/mol. The summed E-state index contributed by atoms with van der Waals surface area (Å²) in [6.45, 7) is 1.45. The van der Waals surface area contributed by atoms with Crippen molar-refractivity contribution in [2.45, 2.75) is 6.92 Å². The maximum absolute atomic E-state index is 12.6. The van der Waals surface area contributed by atoms with Crippen molar-refractivity contribution < 1.29 is 23.9 Å². The topological polar surface area (TPSA) is 106 Å². The molecule has 3 amide bonds. The minimum Gasteiger partial charge on any atom is -0.452 e. The fourth-order valence-corrected chi connectivity index (χ4v) is 4.46. The molecule has 36 heavy (non-hydrogen) atoms. The number of nitrogens with one attached hydrogen (secondary N) is 1. The molecule has 0 fully saturated rings. The third-order valence-corrected chi connectivity index (χ3v) is 6.32. The van der Waals surface area contributed by atoms with Crippen LogP contribution in [-0.2, 0) is 9.53 Å². The summed E-state index contributed by atoms with van der Waals surface area (Å²) in [5.74, 6) is -2.03. The predicted molar refractivity (Wildman–Crippen MR) is 135 cm³/mol. The lowest BCUT2D eigenvalue weighted by Gasteiger charge is -2.14. The maximum Gasteiger partial charge on any atom is 0.338 e. The van der Waals surface area contributed by atoms with Crippen LogP contribution in [0.4, 0.5) is 11.4 Å². The van der Waals surface area contributed by atoms with E-state index in [1.807, 2.05) is 24.4 Å². The molecule has 9 heteroatoms. The molecule has 0 unspecified atom stereocenters. The molecule has 2 heterocycles. The summed E-state index contributed by atoms with van der Waals surface area (Å²) in [7, 11) is 0. The number of anilines is 2. The van der Waals surface area contributed by atoms with E-state index >= 15 is 0 Å². The van der Waals surface area contributed by atoms with Crippen LogP contribution in [0.25, 0.3) is 11.3 Å². The Labute approximate surface area is 210 Å². The molecule has 0 saturated heterocycles. The number of aromatic nitrogens is 1. The Morgan fingerprint density at radius 3 is 2.28 bits per heavy atom. The summed E-state index contributed by atoms with van der Waals surface area (Å²) in [6, 6.07) is 19.7. The Bertz CT molecular complexity index is 1470. The van der Waals surface area contributed by atoms with Gasteiger partial charge in [0, 0.05) is 16.6 Å². The number of benzene rings is 3. The molecule has 0 saturated carbocycles. The molecule has 3 aromatic carbocycles. The average Bonchev–Trinajstić information content (AvgIpc) is 3.44. The smallest absolute Gasteiger partial charge is 0.338 e. The monoisotopic (exact) mass is 497 g/mol. The van der Waals surface area contributed by atoms with Crippen molar-refractivity contribution in [3.63, 3.8) is 0 Å². The molecule has 8 nitrogen and oxygen atoms in total. The van der Waals surface area contributed by atoms with Gasteiger partial charge in [0.05, 0.1) is 33.1 Å². The molecule has 178 valence electrons. The number of aryl methyl sites for hydroxylation is 1. The van der Waals surface area contributed by atoms with Gasteiger partial charge in [-0.05, 0) is 55.5 Å². The normalized spacial score (nSPS) is 12.4. The van der Waals surface area contributed by atoms with E-state index in [9.17, 15) is 19.2 Å². The van der Waals surface area contributed by atoms with Crippen LogP contribution in [0.2, 0.25) is 0 Å². The maximum atomic E-state index is 12.6. The van der Waals surface area contributed by atoms with E-state index in [2.05, 4.69) is 10.3 Å². The number of carbonyl (C=O) groups excluding carboxylic acids is 4. The van der Waals surface area contributed by atoms with Crippen molar-refractivity contribution in [3.8, 4) is 11.3 Å². The zero-order valence-corrected chi connectivity index (χ0v) is 19.9. The van der Waals surface area contributed by atoms with E-state index < -0.39 is 30.3 Å². The van der Waals surface area contributed by atoms with Crippen molar-refractivity contribution in [3.05, 3.63) is 99.9 Å². The lowest BCUT2D eigenvalue weighted by molar-refractivity contribution is -0.119. The number of hydrogen-bond donors (Lipinski definition) is 1. The zero-order valence-electron chi connectivity index (χ0n) is 19.1. The van der Waals surface area contributed by atoms with Gasteiger partial charge in [-0.15, -0.1) is 11.3 Å². The summed E-state index contributed by atoms with van der Waals surface area (Å²) in [6.07, 6.45) is 0. The molecular formula is C27H19N3O5S. The van der Waals surface area contributed by atoms with Gasteiger partial charge in [-0.3, -0.25) is 14.4 Å². The standard InChI is InChI=1S/C27H19N3O5S/c1-16-28-23(15-36-16)18-5-4-6-19(13-18)29-24(31)14-35-27(34)17-9-11-20(12-10-17)30-25(32)21-7-2-3-8-22(21)26(30)33/h2-13,15H,14H2,1H3,(H,29,31). The van der Waals surface area contributed by atoms with Crippen molar-refractivity contribution in [1.29, 1.82) is 0 Å². The van der Waals surface area contributed by atoms with Crippen molar-refractivity contribution in [1.82, 2.24) is 4.98 Å². The molecule has 1 aromatic heterocycles. The molecule has 0 aliphatic carbocycles. The van der Waals surface area contributed by atoms with Crippen LogP contribution in [0, 0.1) is 6.92 Å². The van der Waals surface area contributed by atoms with E-state index in [1.54, 1.807) is 47.7 Å². The van der Waals surface area contributed by atoms with Gasteiger partial charge in [0.15, 0.2) is 6.61 Å². The number of thiazole rings is 1. The number of nitrogens with zero attached hydrogens (tertiary/aromatic N) is 2. The third kappa shape index (κ3) is 4.51. The Morgan fingerprint density at radius 1 is 0.944 bits per heavy atom. The van der Waals surface area contributed by atoms with Crippen molar-refractivity contribution in [2.75, 3.05) is 16.8 Å². The first-order valence-corrected chi connectivity index (χ1v) is 11.9. The minimum atomic E-state index is -0.703.